The number of carbonyl (C=O) groups excluding carboxylic acids is 1. The molecule has 5 heteroatoms. The van der Waals surface area contributed by atoms with Gasteiger partial charge in [0.05, 0.1) is 20.3 Å². The van der Waals surface area contributed by atoms with Crippen LogP contribution >= 0.6 is 0 Å². The summed E-state index contributed by atoms with van der Waals surface area (Å²) in [6.07, 6.45) is 4.77. The number of ether oxygens (including phenoxy) is 3. The van der Waals surface area contributed by atoms with Gasteiger partial charge in [-0.15, -0.1) is 0 Å². The van der Waals surface area contributed by atoms with Crippen molar-refractivity contribution in [2.75, 3.05) is 20.8 Å². The lowest BCUT2D eigenvalue weighted by molar-refractivity contribution is -0.137. The SMILES string of the molecule is CCCC(=O)N[C@H]1C(C)(C)[C@@H]2C[C@@H]3[C@@H](c4cccc(OC)c4OC)OCC[C@@]31C2. The third kappa shape index (κ3) is 3.04. The summed E-state index contributed by atoms with van der Waals surface area (Å²) in [5.74, 6) is 2.67. The summed E-state index contributed by atoms with van der Waals surface area (Å²) in [5.41, 5.74) is 1.27. The number of methoxy groups -OCH3 is 2. The minimum Gasteiger partial charge on any atom is -0.493 e. The molecule has 1 aromatic carbocycles. The Morgan fingerprint density at radius 3 is 2.76 bits per heavy atom. The molecule has 2 bridgehead atoms. The number of nitrogens with one attached hydrogen (secondary N) is 1. The van der Waals surface area contributed by atoms with Gasteiger partial charge in [-0.2, -0.15) is 0 Å². The van der Waals surface area contributed by atoms with Crippen molar-refractivity contribution in [3.8, 4) is 11.5 Å². The van der Waals surface area contributed by atoms with Crippen LogP contribution in [0.4, 0.5) is 0 Å². The van der Waals surface area contributed by atoms with Crippen molar-refractivity contribution in [3.05, 3.63) is 23.8 Å². The maximum absolute atomic E-state index is 12.6. The molecule has 1 spiro atoms. The van der Waals surface area contributed by atoms with Gasteiger partial charge in [-0.25, -0.2) is 0 Å². The first kappa shape index (κ1) is 20.5. The smallest absolute Gasteiger partial charge is 0.220 e. The highest BCUT2D eigenvalue weighted by molar-refractivity contribution is 5.76. The first-order valence-corrected chi connectivity index (χ1v) is 11.0. The van der Waals surface area contributed by atoms with Crippen LogP contribution < -0.4 is 14.8 Å². The summed E-state index contributed by atoms with van der Waals surface area (Å²) < 4.78 is 17.7. The monoisotopic (exact) mass is 401 g/mol. The molecule has 1 amide bonds. The lowest BCUT2D eigenvalue weighted by Crippen LogP contribution is -2.58. The second kappa shape index (κ2) is 7.50. The number of para-hydroxylation sites is 1. The quantitative estimate of drug-likeness (QED) is 0.762. The van der Waals surface area contributed by atoms with Crippen LogP contribution in [0.3, 0.4) is 0 Å². The molecule has 2 saturated carbocycles. The largest absolute Gasteiger partial charge is 0.493 e. The third-order valence-corrected chi connectivity index (χ3v) is 8.03. The second-order valence-electron chi connectivity index (χ2n) is 9.67. The highest BCUT2D eigenvalue weighted by Gasteiger charge is 2.68. The van der Waals surface area contributed by atoms with Crippen LogP contribution in [0.5, 0.6) is 11.5 Å². The van der Waals surface area contributed by atoms with Crippen molar-refractivity contribution in [1.82, 2.24) is 5.32 Å². The van der Waals surface area contributed by atoms with E-state index in [2.05, 4.69) is 32.2 Å². The fourth-order valence-corrected chi connectivity index (χ4v) is 6.69. The van der Waals surface area contributed by atoms with E-state index in [1.54, 1.807) is 14.2 Å². The molecular weight excluding hydrogens is 366 g/mol. The summed E-state index contributed by atoms with van der Waals surface area (Å²) >= 11 is 0. The average Bonchev–Trinajstić information content (AvgIpc) is 3.20. The third-order valence-electron chi connectivity index (χ3n) is 8.03. The second-order valence-corrected chi connectivity index (χ2v) is 9.67. The van der Waals surface area contributed by atoms with E-state index in [4.69, 9.17) is 14.2 Å². The van der Waals surface area contributed by atoms with Gasteiger partial charge in [-0.3, -0.25) is 4.79 Å². The Bertz CT molecular complexity index is 776. The number of fused-ring (bicyclic) bond motifs is 1. The van der Waals surface area contributed by atoms with E-state index in [0.29, 0.717) is 24.9 Å². The molecule has 160 valence electrons. The molecule has 3 aliphatic rings. The normalized spacial score (nSPS) is 34.5. The number of rotatable bonds is 6. The van der Waals surface area contributed by atoms with Crippen LogP contribution in [0.2, 0.25) is 0 Å². The van der Waals surface area contributed by atoms with Gasteiger partial charge < -0.3 is 19.5 Å². The predicted molar refractivity (Wildman–Crippen MR) is 112 cm³/mol. The molecule has 1 aromatic rings. The Labute approximate surface area is 174 Å². The molecular formula is C24H35NO4. The molecule has 1 N–H and O–H groups in total. The molecule has 5 atom stereocenters. The fraction of sp³-hybridized carbons (Fsp3) is 0.708. The van der Waals surface area contributed by atoms with Crippen LogP contribution in [-0.4, -0.2) is 32.8 Å². The predicted octanol–water partition coefficient (Wildman–Crippen LogP) is 4.50. The van der Waals surface area contributed by atoms with E-state index in [1.807, 2.05) is 12.1 Å². The molecule has 0 unspecified atom stereocenters. The Hall–Kier alpha value is -1.75. The van der Waals surface area contributed by atoms with Crippen LogP contribution in [-0.2, 0) is 9.53 Å². The molecule has 4 rings (SSSR count). The highest BCUT2D eigenvalue weighted by atomic mass is 16.5. The molecule has 0 radical (unpaired) electrons. The van der Waals surface area contributed by atoms with E-state index in [9.17, 15) is 4.79 Å². The average molecular weight is 402 g/mol. The first-order valence-electron chi connectivity index (χ1n) is 11.0. The van der Waals surface area contributed by atoms with Gasteiger partial charge in [0, 0.05) is 24.6 Å². The van der Waals surface area contributed by atoms with Gasteiger partial charge in [0.15, 0.2) is 11.5 Å². The van der Waals surface area contributed by atoms with E-state index < -0.39 is 0 Å². The summed E-state index contributed by atoms with van der Waals surface area (Å²) in [6.45, 7) is 7.46. The Balaban J connectivity index is 1.71. The number of benzene rings is 1. The summed E-state index contributed by atoms with van der Waals surface area (Å²) in [4.78, 5) is 12.6. The Morgan fingerprint density at radius 2 is 2.07 bits per heavy atom. The van der Waals surface area contributed by atoms with Crippen LogP contribution in [0, 0.1) is 22.7 Å². The minimum absolute atomic E-state index is 0.0273. The highest BCUT2D eigenvalue weighted by Crippen LogP contribution is 2.71. The number of hydrogen-bond donors (Lipinski definition) is 1. The molecule has 1 saturated heterocycles. The maximum atomic E-state index is 12.6. The van der Waals surface area contributed by atoms with Crippen LogP contribution in [0.25, 0.3) is 0 Å². The van der Waals surface area contributed by atoms with Crippen molar-refractivity contribution in [2.45, 2.75) is 65.0 Å². The standard InChI is InChI=1S/C24H35NO4/c1-6-8-19(26)25-22-23(2,3)15-13-17-20(29-12-11-24(17,22)14-15)16-9-7-10-18(27-4)21(16)28-5/h7,9-10,15,17,20,22H,6,8,11-14H2,1-5H3,(H,25,26)/t15-,17-,20-,22+,24-/m1/s1. The number of hydrogen-bond acceptors (Lipinski definition) is 4. The molecule has 1 heterocycles. The van der Waals surface area contributed by atoms with Gasteiger partial charge in [0.1, 0.15) is 0 Å². The lowest BCUT2D eigenvalue weighted by Gasteiger charge is -2.53. The lowest BCUT2D eigenvalue weighted by atomic mass is 9.58. The van der Waals surface area contributed by atoms with Gasteiger partial charge in [0.2, 0.25) is 5.91 Å². The van der Waals surface area contributed by atoms with Gasteiger partial charge in [-0.05, 0) is 54.4 Å². The zero-order chi connectivity index (χ0) is 20.8. The van der Waals surface area contributed by atoms with Crippen molar-refractivity contribution in [1.29, 1.82) is 0 Å². The van der Waals surface area contributed by atoms with Crippen molar-refractivity contribution in [2.24, 2.45) is 22.7 Å². The molecule has 1 aliphatic heterocycles. The van der Waals surface area contributed by atoms with E-state index in [-0.39, 0.29) is 28.9 Å². The van der Waals surface area contributed by atoms with E-state index in [1.165, 1.54) is 6.42 Å². The van der Waals surface area contributed by atoms with Crippen LogP contribution in [0.1, 0.15) is 64.5 Å². The molecule has 3 fully saturated rings. The number of amides is 1. The van der Waals surface area contributed by atoms with E-state index >= 15 is 0 Å². The minimum atomic E-state index is -0.0273. The van der Waals surface area contributed by atoms with Crippen molar-refractivity contribution in [3.63, 3.8) is 0 Å². The Kier molecular flexibility index (Phi) is 5.30. The molecule has 5 nitrogen and oxygen atoms in total. The van der Waals surface area contributed by atoms with Gasteiger partial charge in [-0.1, -0.05) is 32.9 Å². The van der Waals surface area contributed by atoms with Crippen LogP contribution in [0.15, 0.2) is 18.2 Å². The molecule has 29 heavy (non-hydrogen) atoms. The van der Waals surface area contributed by atoms with Gasteiger partial charge >= 0.3 is 0 Å². The molecule has 2 aliphatic carbocycles. The van der Waals surface area contributed by atoms with Gasteiger partial charge in [0.25, 0.3) is 0 Å². The van der Waals surface area contributed by atoms with E-state index in [0.717, 1.165) is 36.3 Å². The summed E-state index contributed by atoms with van der Waals surface area (Å²) in [6, 6.07) is 6.24. The number of carbonyl (C=O) groups is 1. The molecule has 0 aromatic heterocycles. The van der Waals surface area contributed by atoms with Crippen molar-refractivity contribution >= 4 is 5.91 Å². The van der Waals surface area contributed by atoms with Crippen molar-refractivity contribution < 1.29 is 19.0 Å². The topological polar surface area (TPSA) is 56.8 Å². The maximum Gasteiger partial charge on any atom is 0.220 e. The summed E-state index contributed by atoms with van der Waals surface area (Å²) in [7, 11) is 3.36. The summed E-state index contributed by atoms with van der Waals surface area (Å²) in [5, 5.41) is 3.46. The fourth-order valence-electron chi connectivity index (χ4n) is 6.69. The zero-order valence-corrected chi connectivity index (χ0v) is 18.4. The zero-order valence-electron chi connectivity index (χ0n) is 18.4. The Morgan fingerprint density at radius 1 is 1.28 bits per heavy atom. The first-order chi connectivity index (χ1) is 13.9.